The van der Waals surface area contributed by atoms with Gasteiger partial charge in [-0.1, -0.05) is 12.1 Å². The monoisotopic (exact) mass is 342 g/mol. The van der Waals surface area contributed by atoms with Crippen LogP contribution in [-0.2, 0) is 11.2 Å². The molecule has 0 saturated carbocycles. The van der Waals surface area contributed by atoms with E-state index in [1.165, 1.54) is 11.1 Å². The Bertz CT molecular complexity index is 647. The topological polar surface area (TPSA) is 70.2 Å². The van der Waals surface area contributed by atoms with Crippen molar-refractivity contribution in [2.45, 2.75) is 25.2 Å². The maximum atomic E-state index is 12.1. The molecule has 0 radical (unpaired) electrons. The molecule has 1 aromatic heterocycles. The number of aromatic amines is 1. The largest absolute Gasteiger partial charge is 0.497 e. The summed E-state index contributed by atoms with van der Waals surface area (Å²) in [5.74, 6) is 1.52. The number of nitrogens with one attached hydrogen (secondary N) is 2. The third-order valence-electron chi connectivity index (χ3n) is 4.84. The van der Waals surface area contributed by atoms with Gasteiger partial charge in [-0.05, 0) is 61.5 Å². The average molecular weight is 342 g/mol. The lowest BCUT2D eigenvalue weighted by molar-refractivity contribution is -0.122. The van der Waals surface area contributed by atoms with Crippen molar-refractivity contribution in [1.82, 2.24) is 20.4 Å². The van der Waals surface area contributed by atoms with Crippen LogP contribution < -0.4 is 10.1 Å². The third-order valence-corrected chi connectivity index (χ3v) is 4.84. The average Bonchev–Trinajstić information content (AvgIpc) is 3.18. The number of nitrogens with zero attached hydrogens (tertiary/aromatic N) is 2. The third kappa shape index (κ3) is 5.06. The number of hydrogen-bond acceptors (Lipinski definition) is 4. The molecule has 2 N–H and O–H groups in total. The summed E-state index contributed by atoms with van der Waals surface area (Å²) in [5, 5.41) is 9.92. The minimum absolute atomic E-state index is 0.107. The number of methoxy groups -OCH3 is 1. The zero-order valence-corrected chi connectivity index (χ0v) is 14.7. The van der Waals surface area contributed by atoms with Gasteiger partial charge >= 0.3 is 0 Å². The van der Waals surface area contributed by atoms with Crippen LogP contribution in [0.4, 0.5) is 0 Å². The Morgan fingerprint density at radius 1 is 1.32 bits per heavy atom. The van der Waals surface area contributed by atoms with Gasteiger partial charge in [0, 0.05) is 12.7 Å². The minimum atomic E-state index is 0.107. The summed E-state index contributed by atoms with van der Waals surface area (Å²) >= 11 is 0. The van der Waals surface area contributed by atoms with Gasteiger partial charge in [-0.15, -0.1) is 0 Å². The molecule has 1 amide bonds. The smallest absolute Gasteiger partial charge is 0.234 e. The molecule has 0 bridgehead atoms. The summed E-state index contributed by atoms with van der Waals surface area (Å²) in [7, 11) is 1.66. The van der Waals surface area contributed by atoms with Gasteiger partial charge in [0.05, 0.1) is 19.9 Å². The maximum Gasteiger partial charge on any atom is 0.234 e. The summed E-state index contributed by atoms with van der Waals surface area (Å²) in [6.45, 7) is 3.07. The van der Waals surface area contributed by atoms with Gasteiger partial charge < -0.3 is 10.1 Å². The fourth-order valence-corrected chi connectivity index (χ4v) is 3.31. The lowest BCUT2D eigenvalue weighted by Gasteiger charge is -2.30. The Balaban J connectivity index is 1.34. The number of rotatable bonds is 7. The van der Waals surface area contributed by atoms with Crippen LogP contribution in [0.25, 0.3) is 0 Å². The molecule has 134 valence electrons. The number of amides is 1. The molecule has 2 aromatic rings. The second-order valence-electron chi connectivity index (χ2n) is 6.53. The van der Waals surface area contributed by atoms with E-state index in [-0.39, 0.29) is 5.91 Å². The first kappa shape index (κ1) is 17.5. The second kappa shape index (κ2) is 8.67. The molecule has 0 spiro atoms. The lowest BCUT2D eigenvalue weighted by atomic mass is 9.91. The Morgan fingerprint density at radius 3 is 2.72 bits per heavy atom. The van der Waals surface area contributed by atoms with Crippen molar-refractivity contribution >= 4 is 5.91 Å². The fourth-order valence-electron chi connectivity index (χ4n) is 3.31. The maximum absolute atomic E-state index is 12.1. The van der Waals surface area contributed by atoms with Crippen LogP contribution in [0, 0.1) is 0 Å². The van der Waals surface area contributed by atoms with Crippen molar-refractivity contribution in [3.8, 4) is 5.75 Å². The number of piperidine rings is 1. The fraction of sp³-hybridized carbons (Fsp3) is 0.474. The highest BCUT2D eigenvalue weighted by Gasteiger charge is 2.22. The van der Waals surface area contributed by atoms with Crippen LogP contribution >= 0.6 is 0 Å². The van der Waals surface area contributed by atoms with Crippen molar-refractivity contribution in [2.24, 2.45) is 0 Å². The molecule has 1 saturated heterocycles. The predicted octanol–water partition coefficient (Wildman–Crippen LogP) is 1.96. The van der Waals surface area contributed by atoms with Gasteiger partial charge in [0.25, 0.3) is 0 Å². The van der Waals surface area contributed by atoms with E-state index in [9.17, 15) is 4.79 Å². The Morgan fingerprint density at radius 2 is 2.08 bits per heavy atom. The zero-order chi connectivity index (χ0) is 17.5. The van der Waals surface area contributed by atoms with Crippen molar-refractivity contribution in [2.75, 3.05) is 33.3 Å². The molecular formula is C19H26N4O2. The van der Waals surface area contributed by atoms with E-state index >= 15 is 0 Å². The van der Waals surface area contributed by atoms with Gasteiger partial charge in [0.1, 0.15) is 5.75 Å². The molecular weight excluding hydrogens is 316 g/mol. The molecule has 3 rings (SSSR count). The van der Waals surface area contributed by atoms with E-state index in [2.05, 4.69) is 20.4 Å². The molecule has 1 aliphatic rings. The summed E-state index contributed by atoms with van der Waals surface area (Å²) in [5.41, 5.74) is 2.48. The molecule has 0 aliphatic carbocycles. The first-order valence-electron chi connectivity index (χ1n) is 8.85. The van der Waals surface area contributed by atoms with E-state index in [1.807, 2.05) is 36.7 Å². The Labute approximate surface area is 148 Å². The normalized spacial score (nSPS) is 15.9. The molecule has 0 atom stereocenters. The predicted molar refractivity (Wildman–Crippen MR) is 96.7 cm³/mol. The summed E-state index contributed by atoms with van der Waals surface area (Å²) in [6.07, 6.45) is 6.88. The first-order chi connectivity index (χ1) is 12.2. The van der Waals surface area contributed by atoms with Crippen LogP contribution in [0.3, 0.4) is 0 Å². The molecule has 1 aromatic carbocycles. The number of carbonyl (C=O) groups excluding carboxylic acids is 1. The number of likely N-dealkylation sites (tertiary alicyclic amines) is 1. The summed E-state index contributed by atoms with van der Waals surface area (Å²) in [6, 6.07) is 7.96. The van der Waals surface area contributed by atoms with Crippen LogP contribution in [0.1, 0.15) is 29.9 Å². The number of aromatic nitrogens is 2. The molecule has 2 heterocycles. The first-order valence-corrected chi connectivity index (χ1v) is 8.85. The van der Waals surface area contributed by atoms with Crippen molar-refractivity contribution in [3.63, 3.8) is 0 Å². The quantitative estimate of drug-likeness (QED) is 0.807. The molecule has 0 unspecified atom stereocenters. The zero-order valence-electron chi connectivity index (χ0n) is 14.7. The molecule has 25 heavy (non-hydrogen) atoms. The van der Waals surface area contributed by atoms with Gasteiger partial charge in [0.15, 0.2) is 0 Å². The lowest BCUT2D eigenvalue weighted by Crippen LogP contribution is -2.41. The molecule has 6 heteroatoms. The van der Waals surface area contributed by atoms with E-state index in [1.54, 1.807) is 7.11 Å². The second-order valence-corrected chi connectivity index (χ2v) is 6.53. The van der Waals surface area contributed by atoms with Crippen molar-refractivity contribution in [3.05, 3.63) is 47.8 Å². The molecule has 6 nitrogen and oxygen atoms in total. The van der Waals surface area contributed by atoms with E-state index in [0.29, 0.717) is 19.0 Å². The van der Waals surface area contributed by atoms with Gasteiger partial charge in [-0.2, -0.15) is 5.10 Å². The highest BCUT2D eigenvalue weighted by molar-refractivity contribution is 5.78. The van der Waals surface area contributed by atoms with Crippen LogP contribution in [0.2, 0.25) is 0 Å². The number of ether oxygens (including phenoxy) is 1. The molecule has 1 fully saturated rings. The summed E-state index contributed by atoms with van der Waals surface area (Å²) in [4.78, 5) is 14.4. The van der Waals surface area contributed by atoms with Crippen LogP contribution in [0.5, 0.6) is 5.75 Å². The molecule has 1 aliphatic heterocycles. The Kier molecular flexibility index (Phi) is 6.06. The van der Waals surface area contributed by atoms with E-state index in [0.717, 1.165) is 38.1 Å². The van der Waals surface area contributed by atoms with Gasteiger partial charge in [-0.3, -0.25) is 14.8 Å². The van der Waals surface area contributed by atoms with E-state index in [4.69, 9.17) is 4.74 Å². The van der Waals surface area contributed by atoms with Crippen LogP contribution in [0.15, 0.2) is 36.7 Å². The van der Waals surface area contributed by atoms with Gasteiger partial charge in [-0.25, -0.2) is 0 Å². The number of benzene rings is 1. The van der Waals surface area contributed by atoms with E-state index < -0.39 is 0 Å². The highest BCUT2D eigenvalue weighted by atomic mass is 16.5. The SMILES string of the molecule is COc1ccc(CCNC(=O)CN2CCC(c3cn[nH]c3)CC2)cc1. The standard InChI is InChI=1S/C19H26N4O2/c1-25-18-4-2-15(3-5-18)6-9-20-19(24)14-23-10-7-16(8-11-23)17-12-21-22-13-17/h2-5,12-13,16H,6-11,14H2,1H3,(H,20,24)(H,21,22). The number of carbonyl (C=O) groups is 1. The Hall–Kier alpha value is -2.34. The number of hydrogen-bond donors (Lipinski definition) is 2. The van der Waals surface area contributed by atoms with Crippen molar-refractivity contribution < 1.29 is 9.53 Å². The number of H-pyrrole nitrogens is 1. The summed E-state index contributed by atoms with van der Waals surface area (Å²) < 4.78 is 5.15. The van der Waals surface area contributed by atoms with Crippen molar-refractivity contribution in [1.29, 1.82) is 0 Å². The highest BCUT2D eigenvalue weighted by Crippen LogP contribution is 2.26. The minimum Gasteiger partial charge on any atom is -0.497 e. The van der Waals surface area contributed by atoms with Gasteiger partial charge in [0.2, 0.25) is 5.91 Å². The van der Waals surface area contributed by atoms with Crippen LogP contribution in [-0.4, -0.2) is 54.3 Å².